The van der Waals surface area contributed by atoms with Gasteiger partial charge in [0.1, 0.15) is 0 Å². The van der Waals surface area contributed by atoms with E-state index in [-0.39, 0.29) is 0 Å². The second-order valence-electron chi connectivity index (χ2n) is 7.06. The maximum Gasteiger partial charge on any atom is 0.0686 e. The molecule has 2 atom stereocenters. The molecular weight excluding hydrogens is 260 g/mol. The summed E-state index contributed by atoms with van der Waals surface area (Å²) in [4.78, 5) is 2.63. The van der Waals surface area contributed by atoms with Crippen molar-refractivity contribution in [2.45, 2.75) is 25.8 Å². The van der Waals surface area contributed by atoms with Crippen molar-refractivity contribution in [3.05, 3.63) is 30.5 Å². The molecule has 1 aromatic carbocycles. The molecule has 1 aromatic heterocycles. The second kappa shape index (κ2) is 5.11. The second-order valence-corrected chi connectivity index (χ2v) is 7.06. The lowest BCUT2D eigenvalue weighted by Gasteiger charge is -2.29. The van der Waals surface area contributed by atoms with Crippen LogP contribution in [0.4, 0.5) is 0 Å². The quantitative estimate of drug-likeness (QED) is 0.938. The summed E-state index contributed by atoms with van der Waals surface area (Å²) in [6, 6.07) is 9.06. The molecule has 2 saturated heterocycles. The van der Waals surface area contributed by atoms with Crippen LogP contribution in [0.3, 0.4) is 0 Å². The fourth-order valence-corrected chi connectivity index (χ4v) is 3.98. The van der Waals surface area contributed by atoms with Crippen molar-refractivity contribution in [1.29, 1.82) is 0 Å². The molecule has 4 nitrogen and oxygen atoms in total. The molecule has 4 heteroatoms. The zero-order valence-electron chi connectivity index (χ0n) is 12.8. The van der Waals surface area contributed by atoms with E-state index in [1.807, 2.05) is 6.20 Å². The zero-order chi connectivity index (χ0) is 14.3. The van der Waals surface area contributed by atoms with Crippen molar-refractivity contribution in [2.24, 2.45) is 5.41 Å². The van der Waals surface area contributed by atoms with Gasteiger partial charge in [-0.25, -0.2) is 0 Å². The van der Waals surface area contributed by atoms with Crippen LogP contribution in [0.2, 0.25) is 0 Å². The largest absolute Gasteiger partial charge is 0.316 e. The molecule has 2 fully saturated rings. The highest BCUT2D eigenvalue weighted by Crippen LogP contribution is 2.31. The Hall–Kier alpha value is -1.39. The van der Waals surface area contributed by atoms with E-state index in [2.05, 4.69) is 51.2 Å². The van der Waals surface area contributed by atoms with Gasteiger partial charge in [0.25, 0.3) is 0 Å². The first-order valence-corrected chi connectivity index (χ1v) is 8.09. The van der Waals surface area contributed by atoms with Gasteiger partial charge in [0.2, 0.25) is 0 Å². The first-order chi connectivity index (χ1) is 10.2. The Morgan fingerprint density at radius 2 is 2.29 bits per heavy atom. The van der Waals surface area contributed by atoms with E-state index < -0.39 is 0 Å². The van der Waals surface area contributed by atoms with E-state index >= 15 is 0 Å². The predicted molar refractivity (Wildman–Crippen MR) is 85.4 cm³/mol. The molecule has 1 N–H and O–H groups in total. The fourth-order valence-electron chi connectivity index (χ4n) is 3.98. The summed E-state index contributed by atoms with van der Waals surface area (Å²) < 4.78 is 2.24. The van der Waals surface area contributed by atoms with Gasteiger partial charge in [0.15, 0.2) is 0 Å². The van der Waals surface area contributed by atoms with Gasteiger partial charge in [-0.2, -0.15) is 5.10 Å². The Kier molecular flexibility index (Phi) is 3.23. The van der Waals surface area contributed by atoms with Gasteiger partial charge < -0.3 is 10.2 Å². The summed E-state index contributed by atoms with van der Waals surface area (Å²) >= 11 is 0. The van der Waals surface area contributed by atoms with Gasteiger partial charge in [0.05, 0.1) is 17.8 Å². The summed E-state index contributed by atoms with van der Waals surface area (Å²) in [6.45, 7) is 8.32. The number of hydrogen-bond donors (Lipinski definition) is 1. The van der Waals surface area contributed by atoms with Crippen LogP contribution < -0.4 is 5.32 Å². The van der Waals surface area contributed by atoms with Crippen LogP contribution >= 0.6 is 0 Å². The maximum atomic E-state index is 4.64. The average molecular weight is 284 g/mol. The summed E-state index contributed by atoms with van der Waals surface area (Å²) in [5, 5.41) is 9.40. The lowest BCUT2D eigenvalue weighted by molar-refractivity contribution is 0.203. The minimum Gasteiger partial charge on any atom is -0.316 e. The third kappa shape index (κ3) is 2.47. The molecule has 21 heavy (non-hydrogen) atoms. The smallest absolute Gasteiger partial charge is 0.0686 e. The van der Waals surface area contributed by atoms with Crippen LogP contribution in [0, 0.1) is 5.41 Å². The van der Waals surface area contributed by atoms with Crippen molar-refractivity contribution in [3.63, 3.8) is 0 Å². The van der Waals surface area contributed by atoms with Gasteiger partial charge in [-0.1, -0.05) is 25.1 Å². The topological polar surface area (TPSA) is 33.1 Å². The molecule has 0 amide bonds. The van der Waals surface area contributed by atoms with Gasteiger partial charge in [0, 0.05) is 31.6 Å². The predicted octanol–water partition coefficient (Wildman–Crippen LogP) is 2.28. The minimum absolute atomic E-state index is 0.459. The van der Waals surface area contributed by atoms with Crippen LogP contribution in [0.5, 0.6) is 0 Å². The summed E-state index contributed by atoms with van der Waals surface area (Å²) in [6.07, 6.45) is 4.52. The summed E-state index contributed by atoms with van der Waals surface area (Å²) in [7, 11) is 0. The molecule has 112 valence electrons. The third-order valence-electron chi connectivity index (χ3n) is 5.16. The Bertz CT molecular complexity index is 627. The SMILES string of the molecule is CC1(CN2CCC(n3ncc4ccccc43)C2)CCNC1. The van der Waals surface area contributed by atoms with Crippen molar-refractivity contribution in [1.82, 2.24) is 20.0 Å². The van der Waals surface area contributed by atoms with Gasteiger partial charge in [-0.3, -0.25) is 4.68 Å². The molecule has 2 aliphatic heterocycles. The molecule has 0 saturated carbocycles. The van der Waals surface area contributed by atoms with E-state index in [0.717, 1.165) is 6.54 Å². The van der Waals surface area contributed by atoms with Crippen molar-refractivity contribution >= 4 is 10.9 Å². The molecule has 0 spiro atoms. The number of likely N-dealkylation sites (tertiary alicyclic amines) is 1. The lowest BCUT2D eigenvalue weighted by atomic mass is 9.89. The van der Waals surface area contributed by atoms with Gasteiger partial charge in [-0.15, -0.1) is 0 Å². The van der Waals surface area contributed by atoms with Crippen molar-refractivity contribution < 1.29 is 0 Å². The summed E-state index contributed by atoms with van der Waals surface area (Å²) in [5.74, 6) is 0. The zero-order valence-corrected chi connectivity index (χ0v) is 12.8. The fraction of sp³-hybridized carbons (Fsp3) is 0.588. The highest BCUT2D eigenvalue weighted by Gasteiger charge is 2.34. The van der Waals surface area contributed by atoms with Crippen LogP contribution in [-0.2, 0) is 0 Å². The minimum atomic E-state index is 0.459. The molecule has 4 rings (SSSR count). The number of benzene rings is 1. The highest BCUT2D eigenvalue weighted by molar-refractivity contribution is 5.78. The number of fused-ring (bicyclic) bond motifs is 1. The lowest BCUT2D eigenvalue weighted by Crippen LogP contribution is -2.36. The Balaban J connectivity index is 1.48. The molecule has 0 radical (unpaired) electrons. The number of nitrogens with one attached hydrogen (secondary N) is 1. The van der Waals surface area contributed by atoms with E-state index in [1.165, 1.54) is 49.9 Å². The third-order valence-corrected chi connectivity index (χ3v) is 5.16. The van der Waals surface area contributed by atoms with Crippen LogP contribution in [0.1, 0.15) is 25.8 Å². The van der Waals surface area contributed by atoms with Gasteiger partial charge in [-0.05, 0) is 30.9 Å². The summed E-state index contributed by atoms with van der Waals surface area (Å²) in [5.41, 5.74) is 1.74. The number of rotatable bonds is 3. The molecule has 3 heterocycles. The van der Waals surface area contributed by atoms with Crippen LogP contribution in [-0.4, -0.2) is 47.4 Å². The van der Waals surface area contributed by atoms with E-state index in [1.54, 1.807) is 0 Å². The Morgan fingerprint density at radius 3 is 3.14 bits per heavy atom. The molecule has 2 aliphatic rings. The average Bonchev–Trinajstić information content (AvgIpc) is 3.18. The van der Waals surface area contributed by atoms with Crippen LogP contribution in [0.25, 0.3) is 10.9 Å². The first-order valence-electron chi connectivity index (χ1n) is 8.09. The van der Waals surface area contributed by atoms with E-state index in [4.69, 9.17) is 0 Å². The highest BCUT2D eigenvalue weighted by atomic mass is 15.3. The van der Waals surface area contributed by atoms with Crippen molar-refractivity contribution in [2.75, 3.05) is 32.7 Å². The molecule has 0 bridgehead atoms. The maximum absolute atomic E-state index is 4.64. The van der Waals surface area contributed by atoms with Crippen LogP contribution in [0.15, 0.2) is 30.5 Å². The number of nitrogens with zero attached hydrogens (tertiary/aromatic N) is 3. The number of hydrogen-bond acceptors (Lipinski definition) is 3. The Morgan fingerprint density at radius 1 is 1.38 bits per heavy atom. The standard InChI is InChI=1S/C17H24N4/c1-17(7-8-18-12-17)13-20-9-6-15(11-20)21-16-5-3-2-4-14(16)10-19-21/h2-5,10,15,18H,6-9,11-13H2,1H3. The van der Waals surface area contributed by atoms with E-state index in [9.17, 15) is 0 Å². The Labute approximate surface area is 126 Å². The number of aromatic nitrogens is 2. The number of para-hydroxylation sites is 1. The van der Waals surface area contributed by atoms with Crippen molar-refractivity contribution in [3.8, 4) is 0 Å². The molecular formula is C17H24N4. The molecule has 2 unspecified atom stereocenters. The molecule has 0 aliphatic carbocycles. The van der Waals surface area contributed by atoms with E-state index in [0.29, 0.717) is 11.5 Å². The normalized spacial score (nSPS) is 30.4. The molecule has 2 aromatic rings. The van der Waals surface area contributed by atoms with Gasteiger partial charge >= 0.3 is 0 Å². The first kappa shape index (κ1) is 13.3. The monoisotopic (exact) mass is 284 g/mol.